The molecule has 4 bridgehead atoms. The van der Waals surface area contributed by atoms with E-state index in [-0.39, 0.29) is 28.6 Å². The molecule has 0 aliphatic heterocycles. The largest absolute Gasteiger partial charge is 0.347 e. The van der Waals surface area contributed by atoms with E-state index in [9.17, 15) is 9.59 Å². The fourth-order valence-corrected chi connectivity index (χ4v) is 6.36. The highest BCUT2D eigenvalue weighted by Crippen LogP contribution is 2.63. The van der Waals surface area contributed by atoms with Crippen LogP contribution in [0.4, 0.5) is 5.69 Å². The summed E-state index contributed by atoms with van der Waals surface area (Å²) >= 11 is 6.79. The highest BCUT2D eigenvalue weighted by atomic mass is 35.5. The molecule has 0 spiro atoms. The highest BCUT2D eigenvalue weighted by molar-refractivity contribution is 6.24. The SMILES string of the molecule is Cc1ccccc1NC(=O)CNC(=O)C12C[C@H]3C[C@@H](CC(Cl)(C3)C1)C2. The predicted molar refractivity (Wildman–Crippen MR) is 98.5 cm³/mol. The number of benzene rings is 1. The molecule has 0 radical (unpaired) electrons. The van der Waals surface area contributed by atoms with Crippen LogP contribution in [0.5, 0.6) is 0 Å². The van der Waals surface area contributed by atoms with E-state index in [2.05, 4.69) is 10.6 Å². The van der Waals surface area contributed by atoms with E-state index in [1.54, 1.807) is 0 Å². The molecule has 1 aromatic rings. The van der Waals surface area contributed by atoms with E-state index in [4.69, 9.17) is 11.6 Å². The molecule has 0 saturated heterocycles. The van der Waals surface area contributed by atoms with Crippen LogP contribution in [0.2, 0.25) is 0 Å². The Hall–Kier alpha value is -1.55. The molecule has 2 N–H and O–H groups in total. The number of nitrogens with one attached hydrogen (secondary N) is 2. The van der Waals surface area contributed by atoms with E-state index in [1.807, 2.05) is 31.2 Å². The number of carbonyl (C=O) groups is 2. The maximum Gasteiger partial charge on any atom is 0.243 e. The number of hydrogen-bond donors (Lipinski definition) is 2. The van der Waals surface area contributed by atoms with Crippen molar-refractivity contribution in [2.75, 3.05) is 11.9 Å². The van der Waals surface area contributed by atoms with Gasteiger partial charge in [0, 0.05) is 10.6 Å². The first kappa shape index (κ1) is 16.9. The van der Waals surface area contributed by atoms with Gasteiger partial charge in [0.05, 0.1) is 12.0 Å². The van der Waals surface area contributed by atoms with Gasteiger partial charge in [-0.15, -0.1) is 11.6 Å². The summed E-state index contributed by atoms with van der Waals surface area (Å²) in [4.78, 5) is 24.9. The normalized spacial score (nSPS) is 35.4. The van der Waals surface area contributed by atoms with Crippen molar-refractivity contribution in [2.24, 2.45) is 17.3 Å². The van der Waals surface area contributed by atoms with Gasteiger partial charge in [-0.05, 0) is 68.9 Å². The van der Waals surface area contributed by atoms with Crippen LogP contribution >= 0.6 is 11.6 Å². The van der Waals surface area contributed by atoms with Crippen molar-refractivity contribution in [3.63, 3.8) is 0 Å². The molecule has 5 heteroatoms. The van der Waals surface area contributed by atoms with Gasteiger partial charge in [-0.25, -0.2) is 0 Å². The molecule has 2 amide bonds. The van der Waals surface area contributed by atoms with Crippen LogP contribution < -0.4 is 10.6 Å². The third-order valence-electron chi connectivity index (χ3n) is 6.30. The lowest BCUT2D eigenvalue weighted by Crippen LogP contribution is -2.58. The molecule has 0 unspecified atom stereocenters. The first-order valence-electron chi connectivity index (χ1n) is 9.20. The minimum Gasteiger partial charge on any atom is -0.347 e. The molecule has 4 nitrogen and oxygen atoms in total. The van der Waals surface area contributed by atoms with Gasteiger partial charge >= 0.3 is 0 Å². The summed E-state index contributed by atoms with van der Waals surface area (Å²) in [7, 11) is 0. The number of hydrogen-bond acceptors (Lipinski definition) is 2. The number of para-hydroxylation sites is 1. The smallest absolute Gasteiger partial charge is 0.243 e. The first-order chi connectivity index (χ1) is 11.9. The van der Waals surface area contributed by atoms with E-state index >= 15 is 0 Å². The number of anilines is 1. The molecule has 1 aromatic carbocycles. The van der Waals surface area contributed by atoms with E-state index in [0.717, 1.165) is 43.4 Å². The Bertz CT molecular complexity index is 703. The fraction of sp³-hybridized carbons (Fsp3) is 0.600. The van der Waals surface area contributed by atoms with Gasteiger partial charge in [0.1, 0.15) is 0 Å². The predicted octanol–water partition coefficient (Wildman–Crippen LogP) is 3.63. The molecule has 2 atom stereocenters. The van der Waals surface area contributed by atoms with Gasteiger partial charge in [0.2, 0.25) is 11.8 Å². The Morgan fingerprint density at radius 1 is 1.16 bits per heavy atom. The molecule has 0 heterocycles. The molecule has 4 aliphatic carbocycles. The molecule has 4 fully saturated rings. The zero-order valence-corrected chi connectivity index (χ0v) is 15.4. The molecule has 0 aromatic heterocycles. The number of carbonyl (C=O) groups excluding carboxylic acids is 2. The molecule has 4 saturated carbocycles. The van der Waals surface area contributed by atoms with Gasteiger partial charge in [-0.2, -0.15) is 0 Å². The lowest BCUT2D eigenvalue weighted by atomic mass is 9.49. The third-order valence-corrected chi connectivity index (χ3v) is 6.74. The second-order valence-electron chi connectivity index (χ2n) is 8.44. The Balaban J connectivity index is 1.38. The van der Waals surface area contributed by atoms with E-state index in [0.29, 0.717) is 11.8 Å². The number of rotatable bonds is 4. The van der Waals surface area contributed by atoms with Crippen molar-refractivity contribution >= 4 is 29.1 Å². The maximum atomic E-state index is 12.9. The van der Waals surface area contributed by atoms with Gasteiger partial charge in [-0.3, -0.25) is 9.59 Å². The summed E-state index contributed by atoms with van der Waals surface area (Å²) in [5, 5.41) is 5.75. The van der Waals surface area contributed by atoms with Crippen molar-refractivity contribution < 1.29 is 9.59 Å². The summed E-state index contributed by atoms with van der Waals surface area (Å²) in [5.41, 5.74) is 1.44. The van der Waals surface area contributed by atoms with Crippen LogP contribution in [0.3, 0.4) is 0 Å². The maximum absolute atomic E-state index is 12.9. The second-order valence-corrected chi connectivity index (χ2v) is 9.24. The van der Waals surface area contributed by atoms with Crippen LogP contribution in [-0.4, -0.2) is 23.2 Å². The molecule has 5 rings (SSSR count). The first-order valence-corrected chi connectivity index (χ1v) is 9.58. The van der Waals surface area contributed by atoms with E-state index < -0.39 is 0 Å². The number of alkyl halides is 1. The van der Waals surface area contributed by atoms with Crippen molar-refractivity contribution in [1.82, 2.24) is 5.32 Å². The topological polar surface area (TPSA) is 58.2 Å². The lowest BCUT2D eigenvalue weighted by Gasteiger charge is -2.59. The highest BCUT2D eigenvalue weighted by Gasteiger charge is 2.60. The van der Waals surface area contributed by atoms with E-state index in [1.165, 1.54) is 6.42 Å². The van der Waals surface area contributed by atoms with Gasteiger partial charge in [0.25, 0.3) is 0 Å². The minimum atomic E-state index is -0.352. The molecular formula is C20H25ClN2O2. The summed E-state index contributed by atoms with van der Waals surface area (Å²) < 4.78 is 0. The monoisotopic (exact) mass is 360 g/mol. The molecule has 134 valence electrons. The average Bonchev–Trinajstić information content (AvgIpc) is 2.52. The second kappa shape index (κ2) is 6.01. The standard InChI is InChI=1S/C20H25ClN2O2/c1-13-4-2-3-5-16(13)23-17(24)11-22-18(25)19-7-14-6-15(8-19)10-20(21,9-14)12-19/h2-5,14-15H,6-12H2,1H3,(H,22,25)(H,23,24)/t14-,15-,19?,20?/m1/s1. The summed E-state index contributed by atoms with van der Waals surface area (Å²) in [6.45, 7) is 1.96. The Morgan fingerprint density at radius 2 is 1.84 bits per heavy atom. The van der Waals surface area contributed by atoms with Crippen molar-refractivity contribution in [3.05, 3.63) is 29.8 Å². The third kappa shape index (κ3) is 3.17. The Kier molecular flexibility index (Phi) is 4.06. The Labute approximate surface area is 153 Å². The van der Waals surface area contributed by atoms with Crippen LogP contribution in [0.15, 0.2) is 24.3 Å². The lowest BCUT2D eigenvalue weighted by molar-refractivity contribution is -0.145. The minimum absolute atomic E-state index is 0.0134. The average molecular weight is 361 g/mol. The zero-order valence-electron chi connectivity index (χ0n) is 14.6. The molecular weight excluding hydrogens is 336 g/mol. The number of aryl methyl sites for hydroxylation is 1. The summed E-state index contributed by atoms with van der Waals surface area (Å²) in [6.07, 6.45) is 5.95. The molecule has 4 aliphatic rings. The van der Waals surface area contributed by atoms with Crippen molar-refractivity contribution in [3.8, 4) is 0 Å². The van der Waals surface area contributed by atoms with Crippen molar-refractivity contribution in [1.29, 1.82) is 0 Å². The van der Waals surface area contributed by atoms with Crippen LogP contribution in [0.25, 0.3) is 0 Å². The Morgan fingerprint density at radius 3 is 2.48 bits per heavy atom. The zero-order chi connectivity index (χ0) is 17.7. The summed E-state index contributed by atoms with van der Waals surface area (Å²) in [6, 6.07) is 7.63. The number of amides is 2. The van der Waals surface area contributed by atoms with Crippen LogP contribution in [0, 0.1) is 24.2 Å². The van der Waals surface area contributed by atoms with Crippen molar-refractivity contribution in [2.45, 2.75) is 50.3 Å². The van der Waals surface area contributed by atoms with Crippen LogP contribution in [0.1, 0.15) is 44.1 Å². The fourth-order valence-electron chi connectivity index (χ4n) is 5.67. The van der Waals surface area contributed by atoms with Gasteiger partial charge in [-0.1, -0.05) is 18.2 Å². The van der Waals surface area contributed by atoms with Gasteiger partial charge in [0.15, 0.2) is 0 Å². The quantitative estimate of drug-likeness (QED) is 0.805. The van der Waals surface area contributed by atoms with Gasteiger partial charge < -0.3 is 10.6 Å². The summed E-state index contributed by atoms with van der Waals surface area (Å²) in [5.74, 6) is 0.982. The molecule has 25 heavy (non-hydrogen) atoms. The number of halogens is 1. The van der Waals surface area contributed by atoms with Crippen LogP contribution in [-0.2, 0) is 9.59 Å².